The molecule has 0 N–H and O–H groups in total. The van der Waals surface area contributed by atoms with Gasteiger partial charge in [-0.05, 0) is 63.2 Å². The van der Waals surface area contributed by atoms with Crippen LogP contribution in [0.3, 0.4) is 0 Å². The van der Waals surface area contributed by atoms with Crippen LogP contribution in [0.15, 0.2) is 80.1 Å². The van der Waals surface area contributed by atoms with E-state index >= 15 is 0 Å². The van der Waals surface area contributed by atoms with Gasteiger partial charge in [0, 0.05) is 17.2 Å². The third kappa shape index (κ3) is 5.76. The zero-order valence-corrected chi connectivity index (χ0v) is 25.2. The Morgan fingerprint density at radius 2 is 1.70 bits per heavy atom. The highest BCUT2D eigenvalue weighted by Crippen LogP contribution is 2.37. The molecular formula is C32H30N2O8S. The van der Waals surface area contributed by atoms with Gasteiger partial charge in [-0.2, -0.15) is 0 Å². The molecule has 1 aliphatic heterocycles. The molecule has 0 radical (unpaired) electrons. The molecule has 4 aromatic rings. The van der Waals surface area contributed by atoms with Gasteiger partial charge < -0.3 is 23.4 Å². The Balaban J connectivity index is 1.60. The summed E-state index contributed by atoms with van der Waals surface area (Å²) in [4.78, 5) is 44.2. The van der Waals surface area contributed by atoms with E-state index in [1.165, 1.54) is 30.1 Å². The van der Waals surface area contributed by atoms with Crippen LogP contribution in [0.25, 0.3) is 17.4 Å². The molecule has 0 fully saturated rings. The van der Waals surface area contributed by atoms with Gasteiger partial charge in [-0.3, -0.25) is 9.36 Å². The number of carbonyl (C=O) groups is 2. The smallest absolute Gasteiger partial charge is 0.338 e. The van der Waals surface area contributed by atoms with Crippen molar-refractivity contribution in [2.45, 2.75) is 26.8 Å². The highest BCUT2D eigenvalue weighted by Gasteiger charge is 2.35. The maximum Gasteiger partial charge on any atom is 0.338 e. The van der Waals surface area contributed by atoms with Crippen LogP contribution < -0.4 is 24.4 Å². The monoisotopic (exact) mass is 602 g/mol. The Bertz CT molecular complexity index is 1900. The first-order valence-electron chi connectivity index (χ1n) is 13.6. The molecule has 5 rings (SSSR count). The Kier molecular flexibility index (Phi) is 8.63. The maximum atomic E-state index is 14.0. The fraction of sp³-hybridized carbons (Fsp3) is 0.250. The van der Waals surface area contributed by atoms with Gasteiger partial charge in [0.2, 0.25) is 0 Å². The Morgan fingerprint density at radius 3 is 2.37 bits per heavy atom. The molecule has 10 nitrogen and oxygen atoms in total. The molecule has 2 aromatic carbocycles. The highest BCUT2D eigenvalue weighted by atomic mass is 32.1. The normalized spacial score (nSPS) is 14.6. The summed E-state index contributed by atoms with van der Waals surface area (Å²) < 4.78 is 29.4. The summed E-state index contributed by atoms with van der Waals surface area (Å²) >= 11 is 1.18. The summed E-state index contributed by atoms with van der Waals surface area (Å²) in [6, 6.07) is 14.8. The first-order valence-corrected chi connectivity index (χ1v) is 14.4. The number of aromatic nitrogens is 1. The molecule has 222 valence electrons. The topological polar surface area (TPSA) is 119 Å². The zero-order chi connectivity index (χ0) is 30.7. The SMILES string of the molecule is CCOC(=O)C1=C(C)N=c2s/c(=C/c3ccc(-c4ccc(C(=O)OCC)cc4)o3)c(=O)n2[C@@H]1c1cc(OC)ccc1OC. The first kappa shape index (κ1) is 29.6. The zero-order valence-electron chi connectivity index (χ0n) is 24.3. The van der Waals surface area contributed by atoms with E-state index in [2.05, 4.69) is 4.99 Å². The van der Waals surface area contributed by atoms with Crippen LogP contribution in [0, 0.1) is 0 Å². The van der Waals surface area contributed by atoms with E-state index in [-0.39, 0.29) is 17.7 Å². The van der Waals surface area contributed by atoms with E-state index in [9.17, 15) is 14.4 Å². The third-order valence-electron chi connectivity index (χ3n) is 6.83. The van der Waals surface area contributed by atoms with E-state index in [1.807, 2.05) is 0 Å². The first-order chi connectivity index (χ1) is 20.8. The lowest BCUT2D eigenvalue weighted by Crippen LogP contribution is -2.40. The van der Waals surface area contributed by atoms with Crippen LogP contribution in [-0.4, -0.2) is 43.9 Å². The van der Waals surface area contributed by atoms with Crippen LogP contribution in [0.2, 0.25) is 0 Å². The summed E-state index contributed by atoms with van der Waals surface area (Å²) in [6.07, 6.45) is 1.64. The van der Waals surface area contributed by atoms with E-state index in [0.717, 1.165) is 5.56 Å². The van der Waals surface area contributed by atoms with Crippen LogP contribution in [0.4, 0.5) is 0 Å². The van der Waals surface area contributed by atoms with Crippen LogP contribution in [0.5, 0.6) is 11.5 Å². The van der Waals surface area contributed by atoms with Crippen molar-refractivity contribution in [1.82, 2.24) is 4.57 Å². The van der Waals surface area contributed by atoms with Crippen molar-refractivity contribution < 1.29 is 33.0 Å². The second-order valence-corrected chi connectivity index (χ2v) is 10.4. The number of methoxy groups -OCH3 is 2. The van der Waals surface area contributed by atoms with E-state index in [4.69, 9.17) is 23.4 Å². The molecule has 0 amide bonds. The Labute approximate surface area is 251 Å². The lowest BCUT2D eigenvalue weighted by molar-refractivity contribution is -0.139. The Hall–Kier alpha value is -4.90. The second kappa shape index (κ2) is 12.5. The average molecular weight is 603 g/mol. The molecular weight excluding hydrogens is 572 g/mol. The summed E-state index contributed by atoms with van der Waals surface area (Å²) in [6.45, 7) is 5.65. The fourth-order valence-corrected chi connectivity index (χ4v) is 5.87. The maximum absolute atomic E-state index is 14.0. The van der Waals surface area contributed by atoms with E-state index in [1.54, 1.807) is 81.4 Å². The predicted molar refractivity (Wildman–Crippen MR) is 160 cm³/mol. The number of esters is 2. The number of ether oxygens (including phenoxy) is 4. The van der Waals surface area contributed by atoms with Gasteiger partial charge in [-0.15, -0.1) is 0 Å². The molecule has 0 saturated heterocycles. The van der Waals surface area contributed by atoms with Gasteiger partial charge in [0.1, 0.15) is 29.1 Å². The molecule has 11 heteroatoms. The van der Waals surface area contributed by atoms with Gasteiger partial charge in [0.05, 0.1) is 48.8 Å². The fourth-order valence-electron chi connectivity index (χ4n) is 4.84. The quantitative estimate of drug-likeness (QED) is 0.261. The molecule has 0 bridgehead atoms. The van der Waals surface area contributed by atoms with Crippen molar-refractivity contribution in [2.75, 3.05) is 27.4 Å². The lowest BCUT2D eigenvalue weighted by atomic mass is 9.95. The number of benzene rings is 2. The number of fused-ring (bicyclic) bond motifs is 1. The third-order valence-corrected chi connectivity index (χ3v) is 7.81. The van der Waals surface area contributed by atoms with Crippen molar-refractivity contribution in [2.24, 2.45) is 4.99 Å². The number of furan rings is 1. The molecule has 3 heterocycles. The van der Waals surface area contributed by atoms with Crippen LogP contribution >= 0.6 is 11.3 Å². The molecule has 0 unspecified atom stereocenters. The van der Waals surface area contributed by atoms with Crippen molar-refractivity contribution in [3.63, 3.8) is 0 Å². The molecule has 0 aliphatic carbocycles. The average Bonchev–Trinajstić information content (AvgIpc) is 3.60. The largest absolute Gasteiger partial charge is 0.497 e. The molecule has 43 heavy (non-hydrogen) atoms. The van der Waals surface area contributed by atoms with Crippen molar-refractivity contribution in [1.29, 1.82) is 0 Å². The molecule has 1 atom stereocenters. The highest BCUT2D eigenvalue weighted by molar-refractivity contribution is 7.07. The van der Waals surface area contributed by atoms with Gasteiger partial charge in [0.15, 0.2) is 4.80 Å². The number of nitrogens with zero attached hydrogens (tertiary/aromatic N) is 2. The molecule has 0 spiro atoms. The van der Waals surface area contributed by atoms with Crippen LogP contribution in [0.1, 0.15) is 48.5 Å². The summed E-state index contributed by atoms with van der Waals surface area (Å²) in [7, 11) is 3.06. The number of hydrogen-bond acceptors (Lipinski definition) is 10. The number of carbonyl (C=O) groups excluding carboxylic acids is 2. The lowest BCUT2D eigenvalue weighted by Gasteiger charge is -2.26. The predicted octanol–water partition coefficient (Wildman–Crippen LogP) is 4.25. The summed E-state index contributed by atoms with van der Waals surface area (Å²) in [5, 5.41) is 0. The Morgan fingerprint density at radius 1 is 0.977 bits per heavy atom. The molecule has 0 saturated carbocycles. The number of thiazole rings is 1. The second-order valence-electron chi connectivity index (χ2n) is 9.41. The molecule has 1 aliphatic rings. The number of allylic oxidation sites excluding steroid dienone is 1. The van der Waals surface area contributed by atoms with Gasteiger partial charge >= 0.3 is 11.9 Å². The molecule has 2 aromatic heterocycles. The minimum atomic E-state index is -0.868. The number of rotatable bonds is 9. The van der Waals surface area contributed by atoms with Crippen molar-refractivity contribution in [3.05, 3.63) is 102 Å². The van der Waals surface area contributed by atoms with Crippen molar-refractivity contribution >= 4 is 29.4 Å². The van der Waals surface area contributed by atoms with Crippen molar-refractivity contribution in [3.8, 4) is 22.8 Å². The summed E-state index contributed by atoms with van der Waals surface area (Å²) in [5.74, 6) is 1.06. The van der Waals surface area contributed by atoms with Gasteiger partial charge in [-0.1, -0.05) is 23.5 Å². The van der Waals surface area contributed by atoms with E-state index < -0.39 is 18.0 Å². The minimum Gasteiger partial charge on any atom is -0.497 e. The minimum absolute atomic E-state index is 0.161. The van der Waals surface area contributed by atoms with E-state index in [0.29, 0.717) is 55.8 Å². The van der Waals surface area contributed by atoms with Crippen LogP contribution in [-0.2, 0) is 14.3 Å². The standard InChI is InChI=1S/C32H30N2O8S/c1-6-40-30(36)20-10-8-19(9-11-20)24-14-13-22(42-24)17-26-29(35)34-28(23-16-21(38-4)12-15-25(23)39-5)27(31(37)41-7-2)18(3)33-32(34)43-26/h8-17,28H,6-7H2,1-5H3/b26-17+/t28-/m1/s1. The van der Waals surface area contributed by atoms with Gasteiger partial charge in [-0.25, -0.2) is 14.6 Å². The summed E-state index contributed by atoms with van der Waals surface area (Å²) in [5.41, 5.74) is 2.07. The van der Waals surface area contributed by atoms with Gasteiger partial charge in [0.25, 0.3) is 5.56 Å². The number of hydrogen-bond donors (Lipinski definition) is 0.